The molecule has 0 radical (unpaired) electrons. The summed E-state index contributed by atoms with van der Waals surface area (Å²) in [5, 5.41) is 16.2. The lowest BCUT2D eigenvalue weighted by Gasteiger charge is -2.20. The first kappa shape index (κ1) is 18.9. The summed E-state index contributed by atoms with van der Waals surface area (Å²) >= 11 is 0. The van der Waals surface area contributed by atoms with Crippen molar-refractivity contribution >= 4 is 11.9 Å². The van der Waals surface area contributed by atoms with E-state index in [4.69, 9.17) is 9.84 Å². The van der Waals surface area contributed by atoms with Crippen molar-refractivity contribution in [1.82, 2.24) is 15.1 Å². The van der Waals surface area contributed by atoms with Gasteiger partial charge >= 0.3 is 5.97 Å². The van der Waals surface area contributed by atoms with E-state index in [0.29, 0.717) is 23.8 Å². The van der Waals surface area contributed by atoms with Crippen LogP contribution in [0.3, 0.4) is 0 Å². The Kier molecular flexibility index (Phi) is 6.11. The lowest BCUT2D eigenvalue weighted by molar-refractivity contribution is -0.139. The minimum Gasteiger partial charge on any atom is -0.482 e. The number of benzene rings is 1. The molecule has 0 saturated heterocycles. The Morgan fingerprint density at radius 2 is 2.07 bits per heavy atom. The number of carboxylic acid groups (broad SMARTS) is 1. The molecule has 2 aromatic rings. The van der Waals surface area contributed by atoms with Gasteiger partial charge in [-0.3, -0.25) is 9.48 Å². The smallest absolute Gasteiger partial charge is 0.341 e. The number of aryl methyl sites for hydroxylation is 1. The molecule has 7 nitrogen and oxygen atoms in total. The molecule has 0 atom stereocenters. The zero-order valence-corrected chi connectivity index (χ0v) is 15.5. The van der Waals surface area contributed by atoms with Crippen LogP contribution in [0.5, 0.6) is 5.75 Å². The third-order valence-corrected chi connectivity index (χ3v) is 4.81. The molecule has 1 aromatic heterocycles. The monoisotopic (exact) mass is 371 g/mol. The first-order chi connectivity index (χ1) is 13.0. The Labute approximate surface area is 158 Å². The molecular weight excluding hydrogens is 346 g/mol. The molecule has 27 heavy (non-hydrogen) atoms. The number of aromatic nitrogens is 2. The normalized spacial score (nSPS) is 14.7. The maximum Gasteiger partial charge on any atom is 0.341 e. The molecule has 1 heterocycles. The number of carboxylic acids is 1. The van der Waals surface area contributed by atoms with E-state index < -0.39 is 12.6 Å². The summed E-state index contributed by atoms with van der Waals surface area (Å²) in [6.07, 6.45) is 7.58. The summed E-state index contributed by atoms with van der Waals surface area (Å²) < 4.78 is 6.88. The number of carbonyl (C=O) groups excluding carboxylic acids is 1. The van der Waals surface area contributed by atoms with Crippen LogP contribution in [-0.4, -0.2) is 33.4 Å². The van der Waals surface area contributed by atoms with Crippen molar-refractivity contribution in [3.05, 3.63) is 47.3 Å². The summed E-state index contributed by atoms with van der Waals surface area (Å²) in [7, 11) is 1.84. The molecule has 144 valence electrons. The van der Waals surface area contributed by atoms with Gasteiger partial charge in [0, 0.05) is 25.7 Å². The summed E-state index contributed by atoms with van der Waals surface area (Å²) in [6.45, 7) is -0.0572. The fourth-order valence-electron chi connectivity index (χ4n) is 3.53. The predicted molar refractivity (Wildman–Crippen MR) is 99.8 cm³/mol. The second-order valence-electron chi connectivity index (χ2n) is 6.95. The Bertz CT molecular complexity index is 809. The maximum absolute atomic E-state index is 12.7. The first-order valence-electron chi connectivity index (χ1n) is 9.28. The van der Waals surface area contributed by atoms with Gasteiger partial charge in [-0.1, -0.05) is 31.4 Å². The molecule has 1 aliphatic carbocycles. The first-order valence-corrected chi connectivity index (χ1v) is 9.28. The molecule has 3 rings (SSSR count). The minimum absolute atomic E-state index is 0.138. The number of nitrogens with zero attached hydrogens (tertiary/aromatic N) is 2. The van der Waals surface area contributed by atoms with Crippen LogP contribution in [0, 0.1) is 0 Å². The van der Waals surface area contributed by atoms with Crippen LogP contribution < -0.4 is 10.1 Å². The Morgan fingerprint density at radius 1 is 1.30 bits per heavy atom. The average molecular weight is 371 g/mol. The fourth-order valence-corrected chi connectivity index (χ4v) is 3.53. The molecule has 1 aromatic carbocycles. The van der Waals surface area contributed by atoms with E-state index in [0.717, 1.165) is 24.1 Å². The molecule has 0 spiro atoms. The molecule has 1 aliphatic rings. The van der Waals surface area contributed by atoms with Gasteiger partial charge in [-0.05, 0) is 30.5 Å². The van der Waals surface area contributed by atoms with Crippen molar-refractivity contribution < 1.29 is 19.4 Å². The lowest BCUT2D eigenvalue weighted by Crippen LogP contribution is -2.24. The van der Waals surface area contributed by atoms with Crippen LogP contribution >= 0.6 is 0 Å². The number of carbonyl (C=O) groups is 2. The molecule has 2 N–H and O–H groups in total. The number of hydrogen-bond donors (Lipinski definition) is 2. The highest BCUT2D eigenvalue weighted by Crippen LogP contribution is 2.33. The van der Waals surface area contributed by atoms with Gasteiger partial charge in [0.05, 0.1) is 11.3 Å². The average Bonchev–Trinajstić information content (AvgIpc) is 3.07. The van der Waals surface area contributed by atoms with Crippen LogP contribution in [0.25, 0.3) is 0 Å². The highest BCUT2D eigenvalue weighted by atomic mass is 16.5. The van der Waals surface area contributed by atoms with Crippen molar-refractivity contribution in [3.8, 4) is 5.75 Å². The second kappa shape index (κ2) is 8.70. The summed E-state index contributed by atoms with van der Waals surface area (Å²) in [5.41, 5.74) is 2.38. The quantitative estimate of drug-likeness (QED) is 0.781. The molecule has 0 bridgehead atoms. The molecular formula is C20H25N3O4. The number of rotatable bonds is 7. The highest BCUT2D eigenvalue weighted by Gasteiger charge is 2.24. The molecule has 0 unspecified atom stereocenters. The van der Waals surface area contributed by atoms with Crippen molar-refractivity contribution in [2.75, 3.05) is 6.61 Å². The van der Waals surface area contributed by atoms with E-state index in [1.54, 1.807) is 29.1 Å². The van der Waals surface area contributed by atoms with E-state index in [9.17, 15) is 9.59 Å². The van der Waals surface area contributed by atoms with Gasteiger partial charge in [-0.2, -0.15) is 5.10 Å². The minimum atomic E-state index is -1.03. The standard InChI is InChI=1S/C20H25N3O4/c1-23-12-17(19(22-23)15-7-3-2-4-8-15)20(26)21-11-14-6-5-9-16(10-14)27-13-18(24)25/h5-6,9-10,12,15H,2-4,7-8,11,13H2,1H3,(H,21,26)(H,24,25). The summed E-state index contributed by atoms with van der Waals surface area (Å²) in [6, 6.07) is 7.06. The molecule has 7 heteroatoms. The third-order valence-electron chi connectivity index (χ3n) is 4.81. The van der Waals surface area contributed by atoms with Crippen molar-refractivity contribution in [2.24, 2.45) is 7.05 Å². The van der Waals surface area contributed by atoms with Crippen LogP contribution in [0.2, 0.25) is 0 Å². The van der Waals surface area contributed by atoms with Gasteiger partial charge < -0.3 is 15.2 Å². The topological polar surface area (TPSA) is 93.5 Å². The highest BCUT2D eigenvalue weighted by molar-refractivity contribution is 5.95. The van der Waals surface area contributed by atoms with Crippen molar-refractivity contribution in [1.29, 1.82) is 0 Å². The van der Waals surface area contributed by atoms with Gasteiger partial charge in [0.1, 0.15) is 5.75 Å². The van der Waals surface area contributed by atoms with Gasteiger partial charge in [0.2, 0.25) is 0 Å². The van der Waals surface area contributed by atoms with Gasteiger partial charge in [-0.25, -0.2) is 4.79 Å². The van der Waals surface area contributed by atoms with Crippen LogP contribution in [0.4, 0.5) is 0 Å². The SMILES string of the molecule is Cn1cc(C(=O)NCc2cccc(OCC(=O)O)c2)c(C2CCCCC2)n1. The number of aliphatic carboxylic acids is 1. The second-order valence-corrected chi connectivity index (χ2v) is 6.95. The Morgan fingerprint density at radius 3 is 2.81 bits per heavy atom. The Hall–Kier alpha value is -2.83. The van der Waals surface area contributed by atoms with E-state index in [-0.39, 0.29) is 5.91 Å². The molecule has 1 fully saturated rings. The summed E-state index contributed by atoms with van der Waals surface area (Å²) in [5.74, 6) is -0.345. The van der Waals surface area contributed by atoms with E-state index in [1.807, 2.05) is 13.1 Å². The molecule has 1 saturated carbocycles. The number of nitrogens with one attached hydrogen (secondary N) is 1. The van der Waals surface area contributed by atoms with E-state index in [2.05, 4.69) is 10.4 Å². The largest absolute Gasteiger partial charge is 0.482 e. The van der Waals surface area contributed by atoms with Crippen molar-refractivity contribution in [2.45, 2.75) is 44.6 Å². The Balaban J connectivity index is 1.64. The third kappa shape index (κ3) is 5.09. The van der Waals surface area contributed by atoms with Crippen LogP contribution in [-0.2, 0) is 18.4 Å². The lowest BCUT2D eigenvalue weighted by atomic mass is 9.85. The summed E-state index contributed by atoms with van der Waals surface area (Å²) in [4.78, 5) is 23.3. The number of hydrogen-bond acceptors (Lipinski definition) is 4. The van der Waals surface area contributed by atoms with Crippen LogP contribution in [0.1, 0.15) is 59.6 Å². The zero-order valence-electron chi connectivity index (χ0n) is 15.5. The molecule has 1 amide bonds. The van der Waals surface area contributed by atoms with Gasteiger partial charge in [0.25, 0.3) is 5.91 Å². The molecule has 0 aliphatic heterocycles. The predicted octanol–water partition coefficient (Wildman–Crippen LogP) is 2.86. The van der Waals surface area contributed by atoms with E-state index in [1.165, 1.54) is 19.3 Å². The van der Waals surface area contributed by atoms with E-state index >= 15 is 0 Å². The van der Waals surface area contributed by atoms with Gasteiger partial charge in [-0.15, -0.1) is 0 Å². The van der Waals surface area contributed by atoms with Crippen LogP contribution in [0.15, 0.2) is 30.5 Å². The fraction of sp³-hybridized carbons (Fsp3) is 0.450. The van der Waals surface area contributed by atoms with Gasteiger partial charge in [0.15, 0.2) is 6.61 Å². The maximum atomic E-state index is 12.7. The number of amides is 1. The zero-order chi connectivity index (χ0) is 19.2. The number of ether oxygens (including phenoxy) is 1. The van der Waals surface area contributed by atoms with Crippen molar-refractivity contribution in [3.63, 3.8) is 0 Å².